The Hall–Kier alpha value is -3.10. The molecular formula is C28H39N3O5. The van der Waals surface area contributed by atoms with Crippen LogP contribution >= 0.6 is 0 Å². The Morgan fingerprint density at radius 1 is 1.06 bits per heavy atom. The maximum atomic E-state index is 13.6. The number of ether oxygens (including phenoxy) is 3. The second kappa shape index (κ2) is 13.8. The topological polar surface area (TPSA) is 89.1 Å². The molecule has 2 aromatic carbocycles. The molecule has 8 heteroatoms. The molecule has 0 aromatic heterocycles. The highest BCUT2D eigenvalue weighted by molar-refractivity contribution is 5.95. The van der Waals surface area contributed by atoms with Crippen LogP contribution in [0.1, 0.15) is 36.2 Å². The van der Waals surface area contributed by atoms with E-state index in [1.807, 2.05) is 49.1 Å². The molecule has 8 nitrogen and oxygen atoms in total. The lowest BCUT2D eigenvalue weighted by atomic mass is 9.93. The monoisotopic (exact) mass is 497 g/mol. The standard InChI is InChI=1S/C28H39N3O5/c1-20(2)31(28(33)22-11-12-25(35-4)26(15-22)36-14-8-13-34-3)19-23-17-29-18-24(23)27(32)30-16-21-9-6-5-7-10-21/h5-7,9-12,15,20,23-24,29H,8,13-14,16-19H2,1-4H3,(H,30,32). The van der Waals surface area contributed by atoms with E-state index >= 15 is 0 Å². The van der Waals surface area contributed by atoms with E-state index in [0.29, 0.717) is 56.5 Å². The predicted octanol–water partition coefficient (Wildman–Crippen LogP) is 3.11. The first-order valence-corrected chi connectivity index (χ1v) is 12.6. The second-order valence-corrected chi connectivity index (χ2v) is 9.34. The molecular weight excluding hydrogens is 458 g/mol. The number of hydrogen-bond acceptors (Lipinski definition) is 6. The van der Waals surface area contributed by atoms with E-state index < -0.39 is 0 Å². The minimum Gasteiger partial charge on any atom is -0.493 e. The molecule has 1 aliphatic rings. The van der Waals surface area contributed by atoms with Crippen LogP contribution < -0.4 is 20.1 Å². The summed E-state index contributed by atoms with van der Waals surface area (Å²) in [5, 5.41) is 6.40. The van der Waals surface area contributed by atoms with Crippen molar-refractivity contribution in [2.45, 2.75) is 32.9 Å². The minimum atomic E-state index is -0.196. The lowest BCUT2D eigenvalue weighted by molar-refractivity contribution is -0.125. The molecule has 2 unspecified atom stereocenters. The zero-order valence-electron chi connectivity index (χ0n) is 21.8. The van der Waals surface area contributed by atoms with Crippen LogP contribution in [0.25, 0.3) is 0 Å². The van der Waals surface area contributed by atoms with Gasteiger partial charge in [0, 0.05) is 63.8 Å². The molecule has 1 saturated heterocycles. The highest BCUT2D eigenvalue weighted by Gasteiger charge is 2.35. The number of carbonyl (C=O) groups is 2. The van der Waals surface area contributed by atoms with Gasteiger partial charge in [-0.05, 0) is 37.6 Å². The molecule has 36 heavy (non-hydrogen) atoms. The summed E-state index contributed by atoms with van der Waals surface area (Å²) in [5.41, 5.74) is 1.59. The molecule has 2 N–H and O–H groups in total. The largest absolute Gasteiger partial charge is 0.493 e. The molecule has 3 rings (SSSR count). The normalized spacial score (nSPS) is 17.1. The van der Waals surface area contributed by atoms with Gasteiger partial charge in [-0.1, -0.05) is 30.3 Å². The van der Waals surface area contributed by atoms with Crippen LogP contribution in [0.15, 0.2) is 48.5 Å². The molecule has 0 bridgehead atoms. The average molecular weight is 498 g/mol. The molecule has 0 radical (unpaired) electrons. The van der Waals surface area contributed by atoms with Crippen molar-refractivity contribution in [3.8, 4) is 11.5 Å². The Balaban J connectivity index is 1.67. The Morgan fingerprint density at radius 2 is 1.83 bits per heavy atom. The summed E-state index contributed by atoms with van der Waals surface area (Å²) in [6.45, 7) is 7.33. The zero-order chi connectivity index (χ0) is 25.9. The van der Waals surface area contributed by atoms with E-state index in [1.165, 1.54) is 0 Å². The van der Waals surface area contributed by atoms with Gasteiger partial charge in [0.1, 0.15) is 0 Å². The fraction of sp³-hybridized carbons (Fsp3) is 0.500. The number of carbonyl (C=O) groups excluding carboxylic acids is 2. The third-order valence-electron chi connectivity index (χ3n) is 6.46. The predicted molar refractivity (Wildman–Crippen MR) is 139 cm³/mol. The van der Waals surface area contributed by atoms with Crippen molar-refractivity contribution in [3.63, 3.8) is 0 Å². The molecule has 0 saturated carbocycles. The quantitative estimate of drug-likeness (QED) is 0.414. The van der Waals surface area contributed by atoms with E-state index in [4.69, 9.17) is 14.2 Å². The number of nitrogens with zero attached hydrogens (tertiary/aromatic N) is 1. The van der Waals surface area contributed by atoms with Crippen LogP contribution in [0.3, 0.4) is 0 Å². The van der Waals surface area contributed by atoms with E-state index in [2.05, 4.69) is 10.6 Å². The van der Waals surface area contributed by atoms with Gasteiger partial charge < -0.3 is 29.7 Å². The van der Waals surface area contributed by atoms with Crippen molar-refractivity contribution in [1.82, 2.24) is 15.5 Å². The SMILES string of the molecule is COCCCOc1cc(C(=O)N(CC2CNCC2C(=O)NCc2ccccc2)C(C)C)ccc1OC. The molecule has 2 aromatic rings. The number of amides is 2. The number of nitrogens with one attached hydrogen (secondary N) is 2. The van der Waals surface area contributed by atoms with Crippen molar-refractivity contribution < 1.29 is 23.8 Å². The van der Waals surface area contributed by atoms with E-state index in [1.54, 1.807) is 32.4 Å². The average Bonchev–Trinajstić information content (AvgIpc) is 3.36. The summed E-state index contributed by atoms with van der Waals surface area (Å²) in [5.74, 6) is 0.860. The van der Waals surface area contributed by atoms with Gasteiger partial charge in [0.15, 0.2) is 11.5 Å². The summed E-state index contributed by atoms with van der Waals surface area (Å²) in [6.07, 6.45) is 0.734. The van der Waals surface area contributed by atoms with Crippen LogP contribution in [0.5, 0.6) is 11.5 Å². The zero-order valence-corrected chi connectivity index (χ0v) is 21.8. The Kier molecular flexibility index (Phi) is 10.6. The highest BCUT2D eigenvalue weighted by atomic mass is 16.5. The van der Waals surface area contributed by atoms with E-state index in [-0.39, 0.29) is 29.7 Å². The number of hydrogen-bond donors (Lipinski definition) is 2. The minimum absolute atomic E-state index is 0.0150. The van der Waals surface area contributed by atoms with Crippen molar-refractivity contribution in [2.24, 2.45) is 11.8 Å². The molecule has 196 valence electrons. The Morgan fingerprint density at radius 3 is 2.53 bits per heavy atom. The first-order chi connectivity index (χ1) is 17.4. The third kappa shape index (κ3) is 7.45. The lowest BCUT2D eigenvalue weighted by Gasteiger charge is -2.31. The van der Waals surface area contributed by atoms with Crippen LogP contribution in [0.2, 0.25) is 0 Å². The summed E-state index contributed by atoms with van der Waals surface area (Å²) < 4.78 is 16.4. The van der Waals surface area contributed by atoms with Crippen molar-refractivity contribution in [2.75, 3.05) is 47.1 Å². The third-order valence-corrected chi connectivity index (χ3v) is 6.46. The van der Waals surface area contributed by atoms with Gasteiger partial charge >= 0.3 is 0 Å². The number of benzene rings is 2. The summed E-state index contributed by atoms with van der Waals surface area (Å²) >= 11 is 0. The van der Waals surface area contributed by atoms with Gasteiger partial charge in [-0.3, -0.25) is 9.59 Å². The van der Waals surface area contributed by atoms with Crippen LogP contribution in [-0.2, 0) is 16.1 Å². The molecule has 2 amide bonds. The molecule has 0 aliphatic carbocycles. The Labute approximate surface area is 214 Å². The van der Waals surface area contributed by atoms with Crippen LogP contribution in [0.4, 0.5) is 0 Å². The van der Waals surface area contributed by atoms with Crippen molar-refractivity contribution in [3.05, 3.63) is 59.7 Å². The summed E-state index contributed by atoms with van der Waals surface area (Å²) in [7, 11) is 3.23. The molecule has 1 heterocycles. The molecule has 2 atom stereocenters. The van der Waals surface area contributed by atoms with Gasteiger partial charge in [0.25, 0.3) is 5.91 Å². The molecule has 1 fully saturated rings. The summed E-state index contributed by atoms with van der Waals surface area (Å²) in [4.78, 5) is 28.4. The molecule has 1 aliphatic heterocycles. The fourth-order valence-electron chi connectivity index (χ4n) is 4.40. The number of rotatable bonds is 13. The van der Waals surface area contributed by atoms with Gasteiger partial charge in [-0.2, -0.15) is 0 Å². The molecule has 0 spiro atoms. The maximum absolute atomic E-state index is 13.6. The first-order valence-electron chi connectivity index (χ1n) is 12.6. The van der Waals surface area contributed by atoms with Crippen molar-refractivity contribution >= 4 is 11.8 Å². The summed E-state index contributed by atoms with van der Waals surface area (Å²) in [6, 6.07) is 15.1. The van der Waals surface area contributed by atoms with Gasteiger partial charge in [0.2, 0.25) is 5.91 Å². The maximum Gasteiger partial charge on any atom is 0.254 e. The van der Waals surface area contributed by atoms with Gasteiger partial charge in [-0.25, -0.2) is 0 Å². The fourth-order valence-corrected chi connectivity index (χ4v) is 4.40. The van der Waals surface area contributed by atoms with Crippen LogP contribution in [0, 0.1) is 11.8 Å². The number of methoxy groups -OCH3 is 2. The van der Waals surface area contributed by atoms with Crippen LogP contribution in [-0.4, -0.2) is 69.8 Å². The lowest BCUT2D eigenvalue weighted by Crippen LogP contribution is -2.44. The highest BCUT2D eigenvalue weighted by Crippen LogP contribution is 2.29. The van der Waals surface area contributed by atoms with Gasteiger partial charge in [0.05, 0.1) is 19.6 Å². The van der Waals surface area contributed by atoms with E-state index in [0.717, 1.165) is 12.0 Å². The smallest absolute Gasteiger partial charge is 0.254 e. The second-order valence-electron chi connectivity index (χ2n) is 9.34. The first kappa shape index (κ1) is 27.5. The van der Waals surface area contributed by atoms with E-state index in [9.17, 15) is 9.59 Å². The Bertz CT molecular complexity index is 982. The van der Waals surface area contributed by atoms with Gasteiger partial charge in [-0.15, -0.1) is 0 Å². The van der Waals surface area contributed by atoms with Crippen molar-refractivity contribution in [1.29, 1.82) is 0 Å².